The predicted molar refractivity (Wildman–Crippen MR) is 241 cm³/mol. The third-order valence-corrected chi connectivity index (χ3v) is 11.6. The summed E-state index contributed by atoms with van der Waals surface area (Å²) in [6.07, 6.45) is 0. The van der Waals surface area contributed by atoms with Crippen molar-refractivity contribution in [3.63, 3.8) is 0 Å². The van der Waals surface area contributed by atoms with E-state index in [1.54, 1.807) is 0 Å². The van der Waals surface area contributed by atoms with Crippen LogP contribution in [0, 0.1) is 0 Å². The first-order valence-corrected chi connectivity index (χ1v) is 19.7. The van der Waals surface area contributed by atoms with E-state index < -0.39 is 0 Å². The van der Waals surface area contributed by atoms with Crippen LogP contribution in [0.15, 0.2) is 215 Å². The van der Waals surface area contributed by atoms with Crippen LogP contribution in [0.5, 0.6) is 0 Å². The van der Waals surface area contributed by atoms with Crippen LogP contribution >= 0.6 is 0 Å². The van der Waals surface area contributed by atoms with Crippen LogP contribution in [0.1, 0.15) is 0 Å². The minimum absolute atomic E-state index is 0.890. The summed E-state index contributed by atoms with van der Waals surface area (Å²) >= 11 is 0. The van der Waals surface area contributed by atoms with Gasteiger partial charge in [0.2, 0.25) is 0 Å². The molecule has 4 heteroatoms. The fraction of sp³-hybridized carbons (Fsp3) is 0. The van der Waals surface area contributed by atoms with E-state index in [1.807, 2.05) is 18.2 Å². The van der Waals surface area contributed by atoms with Gasteiger partial charge in [0.15, 0.2) is 0 Å². The molecule has 4 nitrogen and oxygen atoms in total. The summed E-state index contributed by atoms with van der Waals surface area (Å²) in [5.74, 6) is 0. The molecule has 0 unspecified atom stereocenters. The molecule has 0 fully saturated rings. The summed E-state index contributed by atoms with van der Waals surface area (Å²) < 4.78 is 14.9. The van der Waals surface area contributed by atoms with Gasteiger partial charge in [0.1, 0.15) is 22.3 Å². The summed E-state index contributed by atoms with van der Waals surface area (Å²) in [5.41, 5.74) is 14.9. The van der Waals surface area contributed by atoms with Crippen molar-refractivity contribution in [2.24, 2.45) is 0 Å². The van der Waals surface area contributed by atoms with Crippen molar-refractivity contribution in [3.05, 3.63) is 206 Å². The largest absolute Gasteiger partial charge is 0.456 e. The lowest BCUT2D eigenvalue weighted by atomic mass is 10.0. The zero-order valence-electron chi connectivity index (χ0n) is 31.3. The van der Waals surface area contributed by atoms with E-state index in [1.165, 1.54) is 21.9 Å². The Labute approximate surface area is 334 Å². The number of hydrogen-bond acceptors (Lipinski definition) is 3. The predicted octanol–water partition coefficient (Wildman–Crippen LogP) is 15.4. The van der Waals surface area contributed by atoms with E-state index in [9.17, 15) is 0 Å². The molecule has 0 saturated carbocycles. The second-order valence-corrected chi connectivity index (χ2v) is 14.9. The Bertz CT molecular complexity index is 3480. The second kappa shape index (κ2) is 12.9. The quantitative estimate of drug-likeness (QED) is 0.170. The molecule has 0 N–H and O–H groups in total. The van der Waals surface area contributed by atoms with Crippen LogP contribution in [0.4, 0.5) is 17.1 Å². The lowest BCUT2D eigenvalue weighted by Gasteiger charge is -2.26. The molecule has 0 amide bonds. The molecule has 0 aliphatic heterocycles. The van der Waals surface area contributed by atoms with Gasteiger partial charge in [-0.1, -0.05) is 115 Å². The molecule has 0 radical (unpaired) electrons. The lowest BCUT2D eigenvalue weighted by molar-refractivity contribution is 0.668. The molecule has 0 aliphatic rings. The van der Waals surface area contributed by atoms with Crippen molar-refractivity contribution in [3.8, 4) is 27.9 Å². The standard InChI is InChI=1S/C54H34N2O2/c1-2-10-35(11-3-1)36-18-23-39(24-19-36)55(40-25-20-37(21-26-40)38-22-32-51-47(34-38)44-13-5-8-16-49(44)57-51)41-27-29-42(30-28-41)56-48-15-7-4-12-43(48)45-31-33-52-53(54(45)56)46-14-6-9-17-50(46)58-52/h1-34H. The van der Waals surface area contributed by atoms with Crippen molar-refractivity contribution in [1.82, 2.24) is 4.57 Å². The second-order valence-electron chi connectivity index (χ2n) is 14.9. The van der Waals surface area contributed by atoms with Crippen LogP contribution in [0.25, 0.3) is 93.6 Å². The van der Waals surface area contributed by atoms with Crippen molar-refractivity contribution in [1.29, 1.82) is 0 Å². The van der Waals surface area contributed by atoms with E-state index >= 15 is 0 Å². The van der Waals surface area contributed by atoms with Crippen molar-refractivity contribution < 1.29 is 8.83 Å². The van der Waals surface area contributed by atoms with Gasteiger partial charge in [-0.15, -0.1) is 0 Å². The number of aromatic nitrogens is 1. The fourth-order valence-corrected chi connectivity index (χ4v) is 8.87. The van der Waals surface area contributed by atoms with Gasteiger partial charge < -0.3 is 18.3 Å². The van der Waals surface area contributed by atoms with Gasteiger partial charge in [0.25, 0.3) is 0 Å². The van der Waals surface area contributed by atoms with Gasteiger partial charge >= 0.3 is 0 Å². The maximum absolute atomic E-state index is 6.38. The monoisotopic (exact) mass is 742 g/mol. The number of para-hydroxylation sites is 3. The maximum Gasteiger partial charge on any atom is 0.137 e. The number of anilines is 3. The number of hydrogen-bond donors (Lipinski definition) is 0. The summed E-state index contributed by atoms with van der Waals surface area (Å²) in [6, 6.07) is 73.3. The van der Waals surface area contributed by atoms with Crippen molar-refractivity contribution in [2.45, 2.75) is 0 Å². The molecule has 0 saturated heterocycles. The van der Waals surface area contributed by atoms with E-state index in [4.69, 9.17) is 8.83 Å². The Morgan fingerprint density at radius 1 is 0.328 bits per heavy atom. The van der Waals surface area contributed by atoms with E-state index in [0.717, 1.165) is 88.8 Å². The third-order valence-electron chi connectivity index (χ3n) is 11.6. The Hall–Kier alpha value is -7.82. The van der Waals surface area contributed by atoms with Crippen molar-refractivity contribution in [2.75, 3.05) is 4.90 Å². The molecule has 58 heavy (non-hydrogen) atoms. The molecule has 0 atom stereocenters. The topological polar surface area (TPSA) is 34.5 Å². The number of rotatable bonds is 6. The Morgan fingerprint density at radius 3 is 1.55 bits per heavy atom. The fourth-order valence-electron chi connectivity index (χ4n) is 8.87. The zero-order valence-corrected chi connectivity index (χ0v) is 31.3. The van der Waals surface area contributed by atoms with Gasteiger partial charge in [-0.05, 0) is 113 Å². The Kier molecular flexibility index (Phi) is 7.20. The maximum atomic E-state index is 6.38. The Morgan fingerprint density at radius 2 is 0.828 bits per heavy atom. The Balaban J connectivity index is 0.984. The molecule has 3 aromatic heterocycles. The number of benzene rings is 9. The van der Waals surface area contributed by atoms with Crippen LogP contribution in [-0.4, -0.2) is 4.57 Å². The van der Waals surface area contributed by atoms with Gasteiger partial charge in [-0.3, -0.25) is 0 Å². The SMILES string of the molecule is c1ccc(-c2ccc(N(c3ccc(-c4ccc5oc6ccccc6c5c4)cc3)c3ccc(-n4c5ccccc5c5ccc6oc7ccccc7c6c54)cc3)cc2)cc1. The average Bonchev–Trinajstić information content (AvgIpc) is 3.97. The normalized spacial score (nSPS) is 11.8. The molecule has 3 heterocycles. The summed E-state index contributed by atoms with van der Waals surface area (Å²) in [5, 5.41) is 6.94. The van der Waals surface area contributed by atoms with Gasteiger partial charge in [0, 0.05) is 49.7 Å². The molecule has 0 bridgehead atoms. The van der Waals surface area contributed by atoms with Crippen LogP contribution in [0.2, 0.25) is 0 Å². The number of furan rings is 2. The van der Waals surface area contributed by atoms with Crippen LogP contribution in [0.3, 0.4) is 0 Å². The number of fused-ring (bicyclic) bond motifs is 10. The minimum Gasteiger partial charge on any atom is -0.456 e. The van der Waals surface area contributed by atoms with E-state index in [-0.39, 0.29) is 0 Å². The van der Waals surface area contributed by atoms with Gasteiger partial charge in [0.05, 0.1) is 16.4 Å². The van der Waals surface area contributed by atoms with E-state index in [0.29, 0.717) is 0 Å². The average molecular weight is 743 g/mol. The highest BCUT2D eigenvalue weighted by Gasteiger charge is 2.20. The molecule has 272 valence electrons. The lowest BCUT2D eigenvalue weighted by Crippen LogP contribution is -2.10. The molecule has 0 spiro atoms. The first kappa shape index (κ1) is 32.4. The van der Waals surface area contributed by atoms with Gasteiger partial charge in [-0.25, -0.2) is 0 Å². The molecular formula is C54H34N2O2. The van der Waals surface area contributed by atoms with Gasteiger partial charge in [-0.2, -0.15) is 0 Å². The molecular weight excluding hydrogens is 709 g/mol. The minimum atomic E-state index is 0.890. The molecule has 12 aromatic rings. The zero-order chi connectivity index (χ0) is 38.2. The highest BCUT2D eigenvalue weighted by atomic mass is 16.3. The molecule has 0 aliphatic carbocycles. The summed E-state index contributed by atoms with van der Waals surface area (Å²) in [4.78, 5) is 2.34. The first-order valence-electron chi connectivity index (χ1n) is 19.7. The number of nitrogens with zero attached hydrogens (tertiary/aromatic N) is 2. The molecule has 12 rings (SSSR count). The summed E-state index contributed by atoms with van der Waals surface area (Å²) in [7, 11) is 0. The third kappa shape index (κ3) is 5.09. The van der Waals surface area contributed by atoms with Crippen molar-refractivity contribution >= 4 is 82.7 Å². The van der Waals surface area contributed by atoms with Crippen LogP contribution in [-0.2, 0) is 0 Å². The van der Waals surface area contributed by atoms with Crippen LogP contribution < -0.4 is 4.90 Å². The highest BCUT2D eigenvalue weighted by molar-refractivity contribution is 6.24. The van der Waals surface area contributed by atoms with E-state index in [2.05, 4.69) is 198 Å². The highest BCUT2D eigenvalue weighted by Crippen LogP contribution is 2.42. The smallest absolute Gasteiger partial charge is 0.137 e. The first-order chi connectivity index (χ1) is 28.7. The molecule has 9 aromatic carbocycles. The summed E-state index contributed by atoms with van der Waals surface area (Å²) in [6.45, 7) is 0.